The maximum absolute atomic E-state index is 14.0. The van der Waals surface area contributed by atoms with Crippen LogP contribution in [0.5, 0.6) is 0 Å². The number of hydrogen-bond donors (Lipinski definition) is 2. The first kappa shape index (κ1) is 17.0. The number of halogens is 2. The number of hydrogen-bond acceptors (Lipinski definition) is 5. The van der Waals surface area contributed by atoms with Crippen molar-refractivity contribution in [3.8, 4) is 0 Å². The Morgan fingerprint density at radius 1 is 1.22 bits per heavy atom. The van der Waals surface area contributed by atoms with Crippen molar-refractivity contribution in [3.05, 3.63) is 76.4 Å². The predicted octanol–water partition coefficient (Wildman–Crippen LogP) is 2.97. The zero-order valence-corrected chi connectivity index (χ0v) is 14.5. The first-order valence-electron chi connectivity index (χ1n) is 8.33. The minimum absolute atomic E-state index is 0.0917. The van der Waals surface area contributed by atoms with E-state index in [1.807, 2.05) is 13.0 Å². The fraction of sp³-hybridized carbons (Fsp3) is 0.158. The molecule has 0 saturated carbocycles. The minimum atomic E-state index is -0.634. The Bertz CT molecular complexity index is 1060. The van der Waals surface area contributed by atoms with Crippen LogP contribution in [-0.2, 0) is 13.1 Å². The van der Waals surface area contributed by atoms with Crippen LogP contribution < -0.4 is 5.73 Å². The summed E-state index contributed by atoms with van der Waals surface area (Å²) in [5.74, 6) is -1.15. The van der Waals surface area contributed by atoms with Crippen molar-refractivity contribution in [3.63, 3.8) is 0 Å². The molecule has 1 aliphatic heterocycles. The fourth-order valence-corrected chi connectivity index (χ4v) is 3.05. The largest absolute Gasteiger partial charge is 0.368 e. The lowest BCUT2D eigenvalue weighted by Gasteiger charge is -2.16. The van der Waals surface area contributed by atoms with Crippen LogP contribution in [0.3, 0.4) is 0 Å². The summed E-state index contributed by atoms with van der Waals surface area (Å²) in [6.45, 7) is 2.20. The zero-order valence-electron chi connectivity index (χ0n) is 14.5. The van der Waals surface area contributed by atoms with Gasteiger partial charge in [-0.25, -0.2) is 18.7 Å². The smallest absolute Gasteiger partial charge is 0.220 e. The van der Waals surface area contributed by atoms with Crippen molar-refractivity contribution >= 4 is 17.4 Å². The number of nitrogens with one attached hydrogen (secondary N) is 1. The highest BCUT2D eigenvalue weighted by atomic mass is 19.1. The number of anilines is 1. The summed E-state index contributed by atoms with van der Waals surface area (Å²) < 4.78 is 28.0. The van der Waals surface area contributed by atoms with Gasteiger partial charge in [0.1, 0.15) is 17.3 Å². The number of aromatic amines is 1. The van der Waals surface area contributed by atoms with Gasteiger partial charge >= 0.3 is 0 Å². The molecule has 3 aromatic rings. The molecule has 2 aromatic heterocycles. The second-order valence-corrected chi connectivity index (χ2v) is 6.17. The predicted molar refractivity (Wildman–Crippen MR) is 98.8 cm³/mol. The van der Waals surface area contributed by atoms with Crippen LogP contribution in [0.15, 0.2) is 46.5 Å². The third kappa shape index (κ3) is 3.21. The van der Waals surface area contributed by atoms with Crippen LogP contribution >= 0.6 is 0 Å². The molecule has 3 heterocycles. The number of aliphatic imine (C=N–C) groups is 2. The summed E-state index contributed by atoms with van der Waals surface area (Å²) in [6, 6.07) is 7.37. The van der Waals surface area contributed by atoms with E-state index in [1.165, 1.54) is 24.4 Å². The molecule has 1 aliphatic rings. The maximum atomic E-state index is 14.0. The topological polar surface area (TPSA) is 92.3 Å². The van der Waals surface area contributed by atoms with Gasteiger partial charge in [0.2, 0.25) is 5.95 Å². The van der Waals surface area contributed by atoms with Crippen molar-refractivity contribution in [2.75, 3.05) is 5.73 Å². The van der Waals surface area contributed by atoms with E-state index in [0.29, 0.717) is 23.7 Å². The SMILES string of the molecule is Cc1cc2c([nH]1)CN=C(c1ccnc(N)n1)C2=NCc1c(F)cccc1F. The number of fused-ring (bicyclic) bond motifs is 1. The summed E-state index contributed by atoms with van der Waals surface area (Å²) >= 11 is 0. The van der Waals surface area contributed by atoms with E-state index < -0.39 is 11.6 Å². The molecule has 0 radical (unpaired) electrons. The molecule has 0 saturated heterocycles. The molecule has 6 nitrogen and oxygen atoms in total. The van der Waals surface area contributed by atoms with E-state index in [9.17, 15) is 8.78 Å². The van der Waals surface area contributed by atoms with Crippen LogP contribution in [0.1, 0.15) is 28.2 Å². The Hall–Kier alpha value is -3.42. The molecule has 0 bridgehead atoms. The highest BCUT2D eigenvalue weighted by Gasteiger charge is 2.24. The Balaban J connectivity index is 1.81. The standard InChI is InChI=1S/C19H16F2N6/c1-10-7-11-16(26-10)9-25-18(15-5-6-23-19(22)27-15)17(11)24-8-12-13(20)3-2-4-14(12)21/h2-7,26H,8-9H2,1H3,(H2,22,23,27). The van der Waals surface area contributed by atoms with Gasteiger partial charge in [0.05, 0.1) is 24.5 Å². The molecule has 1 aromatic carbocycles. The molecule has 0 spiro atoms. The number of nitrogens with zero attached hydrogens (tertiary/aromatic N) is 4. The van der Waals surface area contributed by atoms with Gasteiger partial charge in [-0.05, 0) is 31.2 Å². The van der Waals surface area contributed by atoms with Gasteiger partial charge in [0.25, 0.3) is 0 Å². The van der Waals surface area contributed by atoms with Gasteiger partial charge in [0.15, 0.2) is 0 Å². The highest BCUT2D eigenvalue weighted by Crippen LogP contribution is 2.22. The maximum Gasteiger partial charge on any atom is 0.220 e. The number of aromatic nitrogens is 3. The van der Waals surface area contributed by atoms with Crippen LogP contribution in [0.2, 0.25) is 0 Å². The van der Waals surface area contributed by atoms with Crippen LogP contribution in [0, 0.1) is 18.6 Å². The van der Waals surface area contributed by atoms with Crippen LogP contribution in [0.4, 0.5) is 14.7 Å². The number of rotatable bonds is 3. The average Bonchev–Trinajstić information content (AvgIpc) is 3.01. The molecule has 8 heteroatoms. The molecule has 136 valence electrons. The number of H-pyrrole nitrogens is 1. The number of nitrogen functional groups attached to an aromatic ring is 1. The molecule has 0 amide bonds. The summed E-state index contributed by atoms with van der Waals surface area (Å²) in [7, 11) is 0. The summed E-state index contributed by atoms with van der Waals surface area (Å²) in [6.07, 6.45) is 1.53. The molecule has 0 unspecified atom stereocenters. The van der Waals surface area contributed by atoms with Crippen LogP contribution in [-0.4, -0.2) is 26.4 Å². The monoisotopic (exact) mass is 366 g/mol. The normalized spacial score (nSPS) is 14.9. The van der Waals surface area contributed by atoms with E-state index >= 15 is 0 Å². The first-order valence-corrected chi connectivity index (χ1v) is 8.33. The Labute approximate surface area is 153 Å². The summed E-state index contributed by atoms with van der Waals surface area (Å²) in [5, 5.41) is 0. The van der Waals surface area contributed by atoms with E-state index in [0.717, 1.165) is 17.0 Å². The Morgan fingerprint density at radius 3 is 2.74 bits per heavy atom. The van der Waals surface area contributed by atoms with E-state index in [-0.39, 0.29) is 18.1 Å². The second kappa shape index (κ2) is 6.71. The molecular weight excluding hydrogens is 350 g/mol. The van der Waals surface area contributed by atoms with Gasteiger partial charge in [0, 0.05) is 28.7 Å². The number of nitrogens with two attached hydrogens (primary N) is 1. The van der Waals surface area contributed by atoms with Gasteiger partial charge in [-0.3, -0.25) is 9.98 Å². The van der Waals surface area contributed by atoms with E-state index in [2.05, 4.69) is 24.9 Å². The van der Waals surface area contributed by atoms with E-state index in [1.54, 1.807) is 6.07 Å². The van der Waals surface area contributed by atoms with Crippen molar-refractivity contribution in [2.45, 2.75) is 20.0 Å². The minimum Gasteiger partial charge on any atom is -0.368 e. The average molecular weight is 366 g/mol. The molecule has 0 fully saturated rings. The summed E-state index contributed by atoms with van der Waals surface area (Å²) in [4.78, 5) is 20.4. The van der Waals surface area contributed by atoms with Gasteiger partial charge < -0.3 is 10.7 Å². The molecule has 0 aliphatic carbocycles. The number of aryl methyl sites for hydroxylation is 1. The molecule has 0 atom stereocenters. The van der Waals surface area contributed by atoms with Crippen molar-refractivity contribution in [1.82, 2.24) is 15.0 Å². The first-order chi connectivity index (χ1) is 13.0. The lowest BCUT2D eigenvalue weighted by Crippen LogP contribution is -2.24. The lowest BCUT2D eigenvalue weighted by atomic mass is 10.00. The van der Waals surface area contributed by atoms with Gasteiger partial charge in [-0.1, -0.05) is 6.07 Å². The highest BCUT2D eigenvalue weighted by molar-refractivity contribution is 6.53. The zero-order chi connectivity index (χ0) is 19.0. The fourth-order valence-electron chi connectivity index (χ4n) is 3.05. The van der Waals surface area contributed by atoms with Crippen molar-refractivity contribution in [1.29, 1.82) is 0 Å². The summed E-state index contributed by atoms with van der Waals surface area (Å²) in [5.41, 5.74) is 9.83. The molecular formula is C19H16F2N6. The van der Waals surface area contributed by atoms with Crippen molar-refractivity contribution < 1.29 is 8.78 Å². The van der Waals surface area contributed by atoms with Gasteiger partial charge in [-0.15, -0.1) is 0 Å². The van der Waals surface area contributed by atoms with Gasteiger partial charge in [-0.2, -0.15) is 0 Å². The Morgan fingerprint density at radius 2 is 2.00 bits per heavy atom. The third-order valence-corrected chi connectivity index (χ3v) is 4.28. The second-order valence-electron chi connectivity index (χ2n) is 6.17. The molecule has 27 heavy (non-hydrogen) atoms. The molecule has 3 N–H and O–H groups in total. The third-order valence-electron chi connectivity index (χ3n) is 4.28. The molecule has 4 rings (SSSR count). The lowest BCUT2D eigenvalue weighted by molar-refractivity contribution is 0.557. The number of benzene rings is 1. The van der Waals surface area contributed by atoms with Crippen molar-refractivity contribution in [2.24, 2.45) is 9.98 Å². The Kier molecular flexibility index (Phi) is 4.23. The quantitative estimate of drug-likeness (QED) is 0.746. The van der Waals surface area contributed by atoms with Crippen LogP contribution in [0.25, 0.3) is 0 Å². The van der Waals surface area contributed by atoms with E-state index in [4.69, 9.17) is 5.73 Å².